The number of allylic oxidation sites excluding steroid dienone is 2. The van der Waals surface area contributed by atoms with Gasteiger partial charge in [0.1, 0.15) is 0 Å². The first-order valence-electron chi connectivity index (χ1n) is 6.25. The van der Waals surface area contributed by atoms with Gasteiger partial charge in [-0.3, -0.25) is 0 Å². The Labute approximate surface area is 112 Å². The van der Waals surface area contributed by atoms with Crippen molar-refractivity contribution in [3.8, 4) is 0 Å². The summed E-state index contributed by atoms with van der Waals surface area (Å²) < 4.78 is 0. The number of rotatable bonds is 2. The molecule has 2 rings (SSSR count). The zero-order valence-corrected chi connectivity index (χ0v) is 11.6. The van der Waals surface area contributed by atoms with Gasteiger partial charge in [0, 0.05) is 12.2 Å². The molecule has 2 heterocycles. The monoisotopic (exact) mass is 262 g/mol. The van der Waals surface area contributed by atoms with Gasteiger partial charge in [0.05, 0.1) is 11.4 Å². The molecule has 0 unspecified atom stereocenters. The van der Waals surface area contributed by atoms with Crippen molar-refractivity contribution in [1.82, 2.24) is 5.32 Å². The molecule has 0 aromatic carbocycles. The maximum Gasteiger partial charge on any atom is 0.253 e. The van der Waals surface area contributed by atoms with E-state index in [2.05, 4.69) is 10.2 Å². The van der Waals surface area contributed by atoms with Crippen molar-refractivity contribution >= 4 is 17.1 Å². The lowest BCUT2D eigenvalue weighted by molar-refractivity contribution is 0.103. The maximum atomic E-state index is 12.0. The van der Waals surface area contributed by atoms with Gasteiger partial charge in [-0.1, -0.05) is 19.9 Å². The van der Waals surface area contributed by atoms with E-state index in [0.717, 1.165) is 31.5 Å². The second kappa shape index (κ2) is 7.67. The number of hydrogen-bond acceptors (Lipinski definition) is 3. The first kappa shape index (κ1) is 14.5. The third kappa shape index (κ3) is 3.44. The van der Waals surface area contributed by atoms with Gasteiger partial charge >= 0.3 is 0 Å². The lowest BCUT2D eigenvalue weighted by atomic mass is 10.1. The van der Waals surface area contributed by atoms with E-state index in [-0.39, 0.29) is 11.5 Å². The summed E-state index contributed by atoms with van der Waals surface area (Å²) in [7, 11) is 0. The lowest BCUT2D eigenvalue weighted by Crippen LogP contribution is -2.22. The number of ketones is 1. The van der Waals surface area contributed by atoms with Crippen LogP contribution in [-0.4, -0.2) is 12.3 Å². The molecule has 0 aliphatic carbocycles. The molecule has 1 aromatic heterocycles. The zero-order valence-electron chi connectivity index (χ0n) is 10.8. The SMILES string of the molecule is CC.[C-]#[N+]/C(C(=O)c1cccs1)=C1\CCCCN1. The van der Waals surface area contributed by atoms with Crippen molar-refractivity contribution in [2.24, 2.45) is 0 Å². The highest BCUT2D eigenvalue weighted by atomic mass is 32.1. The van der Waals surface area contributed by atoms with E-state index in [0.29, 0.717) is 4.88 Å². The van der Waals surface area contributed by atoms with Crippen LogP contribution >= 0.6 is 11.3 Å². The molecule has 0 spiro atoms. The number of hydrogen-bond donors (Lipinski definition) is 1. The Morgan fingerprint density at radius 2 is 2.22 bits per heavy atom. The minimum Gasteiger partial charge on any atom is -0.397 e. The average molecular weight is 262 g/mol. The van der Waals surface area contributed by atoms with Crippen LogP contribution in [-0.2, 0) is 0 Å². The van der Waals surface area contributed by atoms with Crippen molar-refractivity contribution < 1.29 is 4.79 Å². The van der Waals surface area contributed by atoms with Crippen molar-refractivity contribution in [3.05, 3.63) is 45.2 Å². The Balaban J connectivity index is 0.000000771. The summed E-state index contributed by atoms with van der Waals surface area (Å²) in [5.41, 5.74) is 1.08. The summed E-state index contributed by atoms with van der Waals surface area (Å²) in [6.07, 6.45) is 2.98. The van der Waals surface area contributed by atoms with Crippen LogP contribution in [0.2, 0.25) is 0 Å². The molecule has 4 heteroatoms. The highest BCUT2D eigenvalue weighted by molar-refractivity contribution is 7.12. The van der Waals surface area contributed by atoms with Crippen LogP contribution in [0.15, 0.2) is 28.9 Å². The van der Waals surface area contributed by atoms with E-state index in [1.807, 2.05) is 25.3 Å². The van der Waals surface area contributed by atoms with Gasteiger partial charge in [-0.25, -0.2) is 4.85 Å². The van der Waals surface area contributed by atoms with E-state index in [1.54, 1.807) is 6.07 Å². The molecule has 3 nitrogen and oxygen atoms in total. The molecule has 1 saturated heterocycles. The Morgan fingerprint density at radius 1 is 1.44 bits per heavy atom. The molecule has 96 valence electrons. The van der Waals surface area contributed by atoms with E-state index in [1.165, 1.54) is 11.3 Å². The topological polar surface area (TPSA) is 33.5 Å². The second-order valence-electron chi connectivity index (χ2n) is 3.63. The normalized spacial score (nSPS) is 16.7. The van der Waals surface area contributed by atoms with Gasteiger partial charge in [0.15, 0.2) is 0 Å². The predicted molar refractivity (Wildman–Crippen MR) is 75.5 cm³/mol. The van der Waals surface area contributed by atoms with Crippen LogP contribution in [0, 0.1) is 6.57 Å². The van der Waals surface area contributed by atoms with E-state index in [4.69, 9.17) is 6.57 Å². The van der Waals surface area contributed by atoms with Crippen molar-refractivity contribution in [3.63, 3.8) is 0 Å². The van der Waals surface area contributed by atoms with Crippen molar-refractivity contribution in [1.29, 1.82) is 0 Å². The van der Waals surface area contributed by atoms with Gasteiger partial charge in [-0.05, 0) is 30.7 Å². The van der Waals surface area contributed by atoms with E-state index < -0.39 is 0 Å². The molecular formula is C14H18N2OS. The van der Waals surface area contributed by atoms with Crippen LogP contribution in [0.5, 0.6) is 0 Å². The third-order valence-electron chi connectivity index (χ3n) is 2.55. The average Bonchev–Trinajstić information content (AvgIpc) is 2.97. The fraction of sp³-hybridized carbons (Fsp3) is 0.429. The van der Waals surface area contributed by atoms with E-state index >= 15 is 0 Å². The molecule has 0 bridgehead atoms. The number of nitrogens with zero attached hydrogens (tertiary/aromatic N) is 1. The quantitative estimate of drug-likeness (QED) is 0.499. The number of Topliss-reactive ketones (excluding diaryl/α,β-unsaturated/α-hetero) is 1. The number of nitrogens with one attached hydrogen (secondary N) is 1. The standard InChI is InChI=1S/C12H12N2OS.C2H6/c1-13-11(9-5-2-3-7-14-9)12(15)10-6-4-8-16-10;1-2/h4,6,8,14H,2-3,5,7H2;1-2H3/b11-9+;. The summed E-state index contributed by atoms with van der Waals surface area (Å²) in [5, 5.41) is 5.02. The molecule has 0 radical (unpaired) electrons. The van der Waals surface area contributed by atoms with Crippen LogP contribution in [0.25, 0.3) is 4.85 Å². The first-order chi connectivity index (χ1) is 8.83. The molecule has 1 aromatic rings. The zero-order chi connectivity index (χ0) is 13.4. The molecule has 18 heavy (non-hydrogen) atoms. The van der Waals surface area contributed by atoms with Crippen molar-refractivity contribution in [2.75, 3.05) is 6.54 Å². The Bertz CT molecular complexity index is 447. The Hall–Kier alpha value is -1.60. The Kier molecular flexibility index (Phi) is 6.16. The van der Waals surface area contributed by atoms with Crippen LogP contribution in [0.3, 0.4) is 0 Å². The van der Waals surface area contributed by atoms with Gasteiger partial charge in [0.2, 0.25) is 5.78 Å². The molecule has 0 atom stereocenters. The van der Waals surface area contributed by atoms with E-state index in [9.17, 15) is 4.79 Å². The summed E-state index contributed by atoms with van der Waals surface area (Å²) in [6.45, 7) is 12.0. The largest absolute Gasteiger partial charge is 0.397 e. The second-order valence-corrected chi connectivity index (χ2v) is 4.58. The molecule has 0 amide bonds. The summed E-state index contributed by atoms with van der Waals surface area (Å²) in [5.74, 6) is -0.144. The minimum atomic E-state index is -0.144. The molecule has 1 aliphatic rings. The van der Waals surface area contributed by atoms with Crippen molar-refractivity contribution in [2.45, 2.75) is 33.1 Å². The van der Waals surface area contributed by atoms with Gasteiger partial charge in [-0.15, -0.1) is 11.3 Å². The summed E-state index contributed by atoms with van der Waals surface area (Å²) >= 11 is 1.38. The Morgan fingerprint density at radius 3 is 2.72 bits per heavy atom. The van der Waals surface area contributed by atoms with Crippen LogP contribution in [0.4, 0.5) is 0 Å². The summed E-state index contributed by atoms with van der Waals surface area (Å²) in [6, 6.07) is 3.60. The predicted octanol–water partition coefficient (Wildman–Crippen LogP) is 3.86. The highest BCUT2D eigenvalue weighted by Gasteiger charge is 2.19. The molecule has 1 fully saturated rings. The van der Waals surface area contributed by atoms with Gasteiger partial charge in [0.25, 0.3) is 5.70 Å². The van der Waals surface area contributed by atoms with Gasteiger partial charge in [-0.2, -0.15) is 0 Å². The third-order valence-corrected chi connectivity index (χ3v) is 3.42. The smallest absolute Gasteiger partial charge is 0.253 e. The molecular weight excluding hydrogens is 244 g/mol. The fourth-order valence-corrected chi connectivity index (χ4v) is 2.40. The minimum absolute atomic E-state index is 0.144. The number of carbonyl (C=O) groups excluding carboxylic acids is 1. The summed E-state index contributed by atoms with van der Waals surface area (Å²) in [4.78, 5) is 16.1. The fourth-order valence-electron chi connectivity index (χ4n) is 1.74. The molecule has 1 N–H and O–H groups in total. The number of carbonyl (C=O) groups is 1. The lowest BCUT2D eigenvalue weighted by Gasteiger charge is -2.17. The number of piperidine rings is 1. The highest BCUT2D eigenvalue weighted by Crippen LogP contribution is 2.21. The maximum absolute atomic E-state index is 12.0. The number of thiophene rings is 1. The van der Waals surface area contributed by atoms with Crippen LogP contribution < -0.4 is 5.32 Å². The molecule has 0 saturated carbocycles. The molecule has 1 aliphatic heterocycles. The first-order valence-corrected chi connectivity index (χ1v) is 7.13. The van der Waals surface area contributed by atoms with Crippen LogP contribution in [0.1, 0.15) is 42.8 Å². The van der Waals surface area contributed by atoms with Gasteiger partial charge < -0.3 is 10.1 Å².